The van der Waals surface area contributed by atoms with Crippen LogP contribution in [-0.4, -0.2) is 41.3 Å². The highest BCUT2D eigenvalue weighted by Gasteiger charge is 2.24. The van der Waals surface area contributed by atoms with Gasteiger partial charge in [-0.2, -0.15) is 0 Å². The summed E-state index contributed by atoms with van der Waals surface area (Å²) in [6, 6.07) is 1.37. The van der Waals surface area contributed by atoms with Gasteiger partial charge in [0.1, 0.15) is 9.77 Å². The predicted octanol–water partition coefficient (Wildman–Crippen LogP) is 0.848. The van der Waals surface area contributed by atoms with Gasteiger partial charge in [0, 0.05) is 13.7 Å². The van der Waals surface area contributed by atoms with Crippen molar-refractivity contribution >= 4 is 27.3 Å². The zero-order valence-corrected chi connectivity index (χ0v) is 11.9. The molecule has 0 radical (unpaired) electrons. The van der Waals surface area contributed by atoms with Crippen LogP contribution in [0.2, 0.25) is 0 Å². The predicted molar refractivity (Wildman–Crippen MR) is 67.3 cm³/mol. The molecule has 1 atom stereocenters. The minimum atomic E-state index is -3.73. The van der Waals surface area contributed by atoms with Gasteiger partial charge in [0.05, 0.1) is 13.2 Å². The third-order valence-corrected chi connectivity index (χ3v) is 4.74. The second kappa shape index (κ2) is 6.28. The van der Waals surface area contributed by atoms with E-state index in [0.717, 1.165) is 11.3 Å². The molecule has 1 aromatic rings. The van der Waals surface area contributed by atoms with Gasteiger partial charge in [-0.25, -0.2) is 17.9 Å². The van der Waals surface area contributed by atoms with Crippen LogP contribution in [0.4, 0.5) is 0 Å². The average molecular weight is 293 g/mol. The van der Waals surface area contributed by atoms with E-state index in [4.69, 9.17) is 4.74 Å². The molecule has 18 heavy (non-hydrogen) atoms. The molecule has 0 aliphatic rings. The second-order valence-electron chi connectivity index (χ2n) is 3.50. The summed E-state index contributed by atoms with van der Waals surface area (Å²) in [4.78, 5) is 11.4. The normalized spacial score (nSPS) is 13.3. The van der Waals surface area contributed by atoms with E-state index in [1.165, 1.54) is 25.7 Å². The quantitative estimate of drug-likeness (QED) is 0.786. The van der Waals surface area contributed by atoms with Crippen LogP contribution in [0.15, 0.2) is 16.3 Å². The molecule has 0 spiro atoms. The van der Waals surface area contributed by atoms with Gasteiger partial charge in [0.15, 0.2) is 0 Å². The minimum Gasteiger partial charge on any atom is -0.465 e. The van der Waals surface area contributed by atoms with E-state index in [2.05, 4.69) is 9.46 Å². The number of nitrogens with one attached hydrogen (secondary N) is 1. The number of carbonyl (C=O) groups excluding carboxylic acids is 1. The largest absolute Gasteiger partial charge is 0.465 e. The maximum absolute atomic E-state index is 12.0. The van der Waals surface area contributed by atoms with Crippen molar-refractivity contribution < 1.29 is 22.7 Å². The number of ether oxygens (including phenoxy) is 2. The van der Waals surface area contributed by atoms with Crippen molar-refractivity contribution in [1.82, 2.24) is 4.72 Å². The van der Waals surface area contributed by atoms with Crippen molar-refractivity contribution in [1.29, 1.82) is 0 Å². The molecule has 0 saturated heterocycles. The Morgan fingerprint density at radius 3 is 2.72 bits per heavy atom. The molecule has 0 amide bonds. The van der Waals surface area contributed by atoms with Crippen LogP contribution in [0.1, 0.15) is 16.6 Å². The fraction of sp³-hybridized carbons (Fsp3) is 0.500. The van der Waals surface area contributed by atoms with E-state index in [1.54, 1.807) is 6.92 Å². The van der Waals surface area contributed by atoms with E-state index >= 15 is 0 Å². The Balaban J connectivity index is 2.92. The van der Waals surface area contributed by atoms with Crippen molar-refractivity contribution in [3.63, 3.8) is 0 Å². The summed E-state index contributed by atoms with van der Waals surface area (Å²) >= 11 is 1.02. The number of sulfonamides is 1. The van der Waals surface area contributed by atoms with Crippen molar-refractivity contribution in [2.24, 2.45) is 0 Å². The van der Waals surface area contributed by atoms with Crippen molar-refractivity contribution in [2.75, 3.05) is 20.8 Å². The molecule has 1 heterocycles. The fourth-order valence-electron chi connectivity index (χ4n) is 1.14. The molecular weight excluding hydrogens is 278 g/mol. The van der Waals surface area contributed by atoms with Gasteiger partial charge in [-0.1, -0.05) is 0 Å². The van der Waals surface area contributed by atoms with Crippen LogP contribution in [0.25, 0.3) is 0 Å². The maximum atomic E-state index is 12.0. The summed E-state index contributed by atoms with van der Waals surface area (Å²) in [6.07, 6.45) is -0.250. The first kappa shape index (κ1) is 15.1. The van der Waals surface area contributed by atoms with Gasteiger partial charge >= 0.3 is 5.97 Å². The van der Waals surface area contributed by atoms with Crippen LogP contribution >= 0.6 is 11.3 Å². The van der Waals surface area contributed by atoms with Crippen LogP contribution in [0.3, 0.4) is 0 Å². The standard InChI is InChI=1S/C10H15NO5S2/c1-7(15-2)6-11-18(13,14)8-4-5-17-9(8)10(12)16-3/h4-5,7,11H,6H2,1-3H3. The average Bonchev–Trinajstić information content (AvgIpc) is 2.85. The fourth-order valence-corrected chi connectivity index (χ4v) is 3.59. The Morgan fingerprint density at radius 2 is 2.17 bits per heavy atom. The molecule has 8 heteroatoms. The lowest BCUT2D eigenvalue weighted by Crippen LogP contribution is -2.32. The van der Waals surface area contributed by atoms with Crippen molar-refractivity contribution in [2.45, 2.75) is 17.9 Å². The summed E-state index contributed by atoms with van der Waals surface area (Å²) in [6.45, 7) is 1.87. The molecule has 1 aromatic heterocycles. The molecule has 0 aliphatic carbocycles. The van der Waals surface area contributed by atoms with Gasteiger partial charge in [-0.3, -0.25) is 0 Å². The SMILES string of the molecule is COC(=O)c1sccc1S(=O)(=O)NCC(C)OC. The topological polar surface area (TPSA) is 81.7 Å². The summed E-state index contributed by atoms with van der Waals surface area (Å²) in [7, 11) is -1.03. The molecule has 0 aliphatic heterocycles. The van der Waals surface area contributed by atoms with E-state index in [1.807, 2.05) is 0 Å². The summed E-state index contributed by atoms with van der Waals surface area (Å²) in [5.74, 6) is -0.662. The zero-order valence-electron chi connectivity index (χ0n) is 10.3. The molecular formula is C10H15NO5S2. The first-order valence-electron chi connectivity index (χ1n) is 5.10. The summed E-state index contributed by atoms with van der Waals surface area (Å²) in [5, 5.41) is 1.53. The lowest BCUT2D eigenvalue weighted by atomic mass is 10.4. The zero-order chi connectivity index (χ0) is 13.8. The van der Waals surface area contributed by atoms with Crippen LogP contribution in [0, 0.1) is 0 Å². The number of carbonyl (C=O) groups is 1. The molecule has 6 nitrogen and oxygen atoms in total. The van der Waals surface area contributed by atoms with Gasteiger partial charge in [0.25, 0.3) is 0 Å². The van der Waals surface area contributed by atoms with Gasteiger partial charge < -0.3 is 9.47 Å². The third-order valence-electron chi connectivity index (χ3n) is 2.25. The molecule has 0 aromatic carbocycles. The number of esters is 1. The van der Waals surface area contributed by atoms with E-state index in [-0.39, 0.29) is 22.4 Å². The minimum absolute atomic E-state index is 0.0649. The van der Waals surface area contributed by atoms with Crippen molar-refractivity contribution in [3.8, 4) is 0 Å². The Bertz CT molecular complexity index is 508. The number of hydrogen-bond donors (Lipinski definition) is 1. The summed E-state index contributed by atoms with van der Waals surface area (Å²) in [5.41, 5.74) is 0. The van der Waals surface area contributed by atoms with E-state index in [0.29, 0.717) is 0 Å². The van der Waals surface area contributed by atoms with Gasteiger partial charge in [-0.15, -0.1) is 11.3 Å². The Labute approximate surface area is 110 Å². The molecule has 0 bridgehead atoms. The first-order valence-corrected chi connectivity index (χ1v) is 7.47. The molecule has 1 N–H and O–H groups in total. The molecule has 102 valence electrons. The van der Waals surface area contributed by atoms with Gasteiger partial charge in [-0.05, 0) is 18.4 Å². The number of hydrogen-bond acceptors (Lipinski definition) is 6. The Kier molecular flexibility index (Phi) is 5.27. The lowest BCUT2D eigenvalue weighted by Gasteiger charge is -2.11. The van der Waals surface area contributed by atoms with Crippen LogP contribution in [-0.2, 0) is 19.5 Å². The van der Waals surface area contributed by atoms with E-state index in [9.17, 15) is 13.2 Å². The highest BCUT2D eigenvalue weighted by molar-refractivity contribution is 7.89. The molecule has 1 unspecified atom stereocenters. The molecule has 0 fully saturated rings. The molecule has 1 rings (SSSR count). The molecule has 0 saturated carbocycles. The van der Waals surface area contributed by atoms with Crippen molar-refractivity contribution in [3.05, 3.63) is 16.3 Å². The summed E-state index contributed by atoms with van der Waals surface area (Å²) < 4.78 is 35.8. The van der Waals surface area contributed by atoms with Gasteiger partial charge in [0.2, 0.25) is 10.0 Å². The maximum Gasteiger partial charge on any atom is 0.349 e. The number of methoxy groups -OCH3 is 2. The lowest BCUT2D eigenvalue weighted by molar-refractivity contribution is 0.0602. The third kappa shape index (κ3) is 3.52. The highest BCUT2D eigenvalue weighted by Crippen LogP contribution is 2.22. The highest BCUT2D eigenvalue weighted by atomic mass is 32.2. The Hall–Kier alpha value is -0.960. The van der Waals surface area contributed by atoms with Crippen LogP contribution in [0.5, 0.6) is 0 Å². The Morgan fingerprint density at radius 1 is 1.50 bits per heavy atom. The number of rotatable bonds is 6. The van der Waals surface area contributed by atoms with Crippen LogP contribution < -0.4 is 4.72 Å². The smallest absolute Gasteiger partial charge is 0.349 e. The number of thiophene rings is 1. The van der Waals surface area contributed by atoms with E-state index < -0.39 is 16.0 Å². The second-order valence-corrected chi connectivity index (χ2v) is 6.16. The first-order chi connectivity index (χ1) is 8.42. The monoisotopic (exact) mass is 293 g/mol.